The summed E-state index contributed by atoms with van der Waals surface area (Å²) in [6, 6.07) is 5.95. The number of nitrogens with one attached hydrogen (secondary N) is 2. The molecular formula is C22H22BrF2N7O5. The zero-order valence-electron chi connectivity index (χ0n) is 19.9. The lowest BCUT2D eigenvalue weighted by Crippen LogP contribution is -2.31. The fourth-order valence-electron chi connectivity index (χ4n) is 2.93. The van der Waals surface area contributed by atoms with Crippen LogP contribution in [0.1, 0.15) is 29.2 Å². The maximum absolute atomic E-state index is 13.9. The smallest absolute Gasteiger partial charge is 0.417 e. The topological polar surface area (TPSA) is 141 Å². The van der Waals surface area contributed by atoms with Gasteiger partial charge in [-0.25, -0.2) is 18.6 Å². The zero-order valence-corrected chi connectivity index (χ0v) is 21.5. The van der Waals surface area contributed by atoms with Crippen LogP contribution in [0.4, 0.5) is 25.1 Å². The van der Waals surface area contributed by atoms with Gasteiger partial charge in [0.1, 0.15) is 24.1 Å². The van der Waals surface area contributed by atoms with Gasteiger partial charge in [-0.2, -0.15) is 0 Å². The molecule has 0 aliphatic carbocycles. The van der Waals surface area contributed by atoms with Crippen LogP contribution >= 0.6 is 15.9 Å². The molecule has 1 unspecified atom stereocenters. The highest BCUT2D eigenvalue weighted by molar-refractivity contribution is 9.10. The van der Waals surface area contributed by atoms with Crippen LogP contribution in [0.5, 0.6) is 0 Å². The second kappa shape index (κ2) is 12.3. The molecule has 0 bridgehead atoms. The second-order valence-electron chi connectivity index (χ2n) is 7.46. The first-order valence-corrected chi connectivity index (χ1v) is 11.5. The maximum atomic E-state index is 13.9. The number of esters is 1. The SMILES string of the molecule is CNCC(=O)OCc1cccnc1N(C)C(=O)OC(C)n1nc(Br)c(C(=O)Nc2ccc(F)cc2F)n1. The summed E-state index contributed by atoms with van der Waals surface area (Å²) in [5.74, 6) is -2.87. The van der Waals surface area contributed by atoms with Gasteiger partial charge in [-0.15, -0.1) is 15.0 Å². The Balaban J connectivity index is 1.68. The quantitative estimate of drug-likeness (QED) is 0.365. The molecule has 2 aromatic heterocycles. The summed E-state index contributed by atoms with van der Waals surface area (Å²) in [7, 11) is 3.02. The van der Waals surface area contributed by atoms with E-state index >= 15 is 0 Å². The number of amides is 2. The predicted octanol–water partition coefficient (Wildman–Crippen LogP) is 3.02. The monoisotopic (exact) mass is 581 g/mol. The van der Waals surface area contributed by atoms with Gasteiger partial charge < -0.3 is 20.1 Å². The van der Waals surface area contributed by atoms with Crippen molar-refractivity contribution in [3.8, 4) is 0 Å². The third-order valence-electron chi connectivity index (χ3n) is 4.75. The van der Waals surface area contributed by atoms with Crippen LogP contribution in [-0.4, -0.2) is 58.6 Å². The Kier molecular flexibility index (Phi) is 9.19. The molecule has 37 heavy (non-hydrogen) atoms. The van der Waals surface area contributed by atoms with Gasteiger partial charge in [-0.1, -0.05) is 6.07 Å². The van der Waals surface area contributed by atoms with Gasteiger partial charge in [0.05, 0.1) is 12.2 Å². The van der Waals surface area contributed by atoms with Crippen LogP contribution in [-0.2, 0) is 20.9 Å². The van der Waals surface area contributed by atoms with Crippen molar-refractivity contribution in [3.63, 3.8) is 0 Å². The minimum Gasteiger partial charge on any atom is -0.460 e. The van der Waals surface area contributed by atoms with Crippen LogP contribution in [0.25, 0.3) is 0 Å². The largest absolute Gasteiger partial charge is 0.460 e. The molecular weight excluding hydrogens is 560 g/mol. The average Bonchev–Trinajstić information content (AvgIpc) is 3.26. The number of hydrogen-bond acceptors (Lipinski definition) is 9. The summed E-state index contributed by atoms with van der Waals surface area (Å²) >= 11 is 3.10. The molecule has 1 atom stereocenters. The van der Waals surface area contributed by atoms with E-state index in [0.29, 0.717) is 11.6 Å². The highest BCUT2D eigenvalue weighted by Crippen LogP contribution is 2.21. The van der Waals surface area contributed by atoms with Crippen LogP contribution in [0.2, 0.25) is 0 Å². The van der Waals surface area contributed by atoms with E-state index in [1.54, 1.807) is 19.2 Å². The highest BCUT2D eigenvalue weighted by atomic mass is 79.9. The van der Waals surface area contributed by atoms with E-state index in [-0.39, 0.29) is 35.0 Å². The van der Waals surface area contributed by atoms with Crippen molar-refractivity contribution in [1.82, 2.24) is 25.3 Å². The third kappa shape index (κ3) is 7.04. The molecule has 12 nitrogen and oxygen atoms in total. The number of rotatable bonds is 9. The van der Waals surface area contributed by atoms with Gasteiger partial charge in [0.25, 0.3) is 5.91 Å². The number of pyridine rings is 1. The lowest BCUT2D eigenvalue weighted by atomic mass is 10.2. The van der Waals surface area contributed by atoms with E-state index in [1.165, 1.54) is 20.2 Å². The van der Waals surface area contributed by atoms with Gasteiger partial charge in [-0.05, 0) is 48.1 Å². The fraction of sp³-hybridized carbons (Fsp3) is 0.273. The first-order valence-electron chi connectivity index (χ1n) is 10.7. The van der Waals surface area contributed by atoms with Crippen molar-refractivity contribution in [2.45, 2.75) is 19.8 Å². The third-order valence-corrected chi connectivity index (χ3v) is 5.28. The van der Waals surface area contributed by atoms with Crippen LogP contribution in [0, 0.1) is 11.6 Å². The molecule has 2 N–H and O–H groups in total. The number of carbonyl (C=O) groups is 3. The Morgan fingerprint density at radius 2 is 1.97 bits per heavy atom. The summed E-state index contributed by atoms with van der Waals surface area (Å²) in [4.78, 5) is 43.2. The van der Waals surface area contributed by atoms with Gasteiger partial charge in [0.15, 0.2) is 10.3 Å². The van der Waals surface area contributed by atoms with Gasteiger partial charge in [0, 0.05) is 24.9 Å². The van der Waals surface area contributed by atoms with E-state index in [4.69, 9.17) is 9.47 Å². The minimum atomic E-state index is -1.07. The molecule has 0 aliphatic heterocycles. The van der Waals surface area contributed by atoms with E-state index in [2.05, 4.69) is 41.7 Å². The number of benzene rings is 1. The lowest BCUT2D eigenvalue weighted by molar-refractivity contribution is -0.143. The minimum absolute atomic E-state index is 0.000768. The molecule has 2 amide bonds. The highest BCUT2D eigenvalue weighted by Gasteiger charge is 2.25. The molecule has 2 heterocycles. The van der Waals surface area contributed by atoms with Gasteiger partial charge >= 0.3 is 12.1 Å². The number of ether oxygens (including phenoxy) is 2. The number of aromatic nitrogens is 4. The van der Waals surface area contributed by atoms with Crippen LogP contribution < -0.4 is 15.5 Å². The molecule has 0 spiro atoms. The number of halogens is 3. The van der Waals surface area contributed by atoms with Crippen molar-refractivity contribution < 1.29 is 32.6 Å². The summed E-state index contributed by atoms with van der Waals surface area (Å²) in [5.41, 5.74) is -0.0156. The Morgan fingerprint density at radius 3 is 2.68 bits per heavy atom. The van der Waals surface area contributed by atoms with Gasteiger partial charge in [0.2, 0.25) is 6.23 Å². The number of carbonyl (C=O) groups excluding carboxylic acids is 3. The van der Waals surface area contributed by atoms with Crippen LogP contribution in [0.3, 0.4) is 0 Å². The second-order valence-corrected chi connectivity index (χ2v) is 8.21. The Hall–Kier alpha value is -3.98. The van der Waals surface area contributed by atoms with E-state index in [9.17, 15) is 23.2 Å². The number of likely N-dealkylation sites (N-methyl/N-ethyl adjacent to an activating group) is 1. The van der Waals surface area contributed by atoms with Crippen molar-refractivity contribution in [3.05, 3.63) is 64.0 Å². The van der Waals surface area contributed by atoms with Gasteiger partial charge in [-0.3, -0.25) is 14.5 Å². The van der Waals surface area contributed by atoms with Crippen molar-refractivity contribution >= 4 is 45.4 Å². The van der Waals surface area contributed by atoms with Crippen molar-refractivity contribution in [1.29, 1.82) is 0 Å². The van der Waals surface area contributed by atoms with Crippen LogP contribution in [0.15, 0.2) is 41.1 Å². The summed E-state index contributed by atoms with van der Waals surface area (Å²) in [6.45, 7) is 1.37. The molecule has 3 rings (SSSR count). The molecule has 196 valence electrons. The zero-order chi connectivity index (χ0) is 27.1. The fourth-order valence-corrected chi connectivity index (χ4v) is 3.36. The van der Waals surface area contributed by atoms with Crippen molar-refractivity contribution in [2.24, 2.45) is 0 Å². The molecule has 0 saturated carbocycles. The first-order chi connectivity index (χ1) is 17.6. The first kappa shape index (κ1) is 27.6. The molecule has 3 aromatic rings. The Bertz CT molecular complexity index is 1310. The Labute approximate surface area is 218 Å². The molecule has 0 saturated heterocycles. The number of hydrogen-bond donors (Lipinski definition) is 2. The number of anilines is 2. The standard InChI is InChI=1S/C22H22BrF2N7O5/c1-12(32-29-18(19(23)30-32)21(34)28-16-7-6-14(24)9-15(16)25)37-22(35)31(3)20-13(5-4-8-27-20)11-36-17(33)10-26-2/h4-9,12,26H,10-11H2,1-3H3,(H,28,34). The molecule has 15 heteroatoms. The molecule has 0 aliphatic rings. The summed E-state index contributed by atoms with van der Waals surface area (Å²) in [5, 5.41) is 13.0. The average molecular weight is 582 g/mol. The summed E-state index contributed by atoms with van der Waals surface area (Å²) < 4.78 is 37.5. The molecule has 0 radical (unpaired) electrons. The normalized spacial score (nSPS) is 11.5. The van der Waals surface area contributed by atoms with E-state index in [0.717, 1.165) is 21.8 Å². The number of nitrogens with zero attached hydrogens (tertiary/aromatic N) is 5. The maximum Gasteiger partial charge on any atom is 0.417 e. The predicted molar refractivity (Wildman–Crippen MR) is 130 cm³/mol. The summed E-state index contributed by atoms with van der Waals surface area (Å²) in [6.07, 6.45) is -0.444. The molecule has 1 aromatic carbocycles. The lowest BCUT2D eigenvalue weighted by Gasteiger charge is -2.21. The Morgan fingerprint density at radius 1 is 1.22 bits per heavy atom. The van der Waals surface area contributed by atoms with Crippen molar-refractivity contribution in [2.75, 3.05) is 30.9 Å². The van der Waals surface area contributed by atoms with E-state index < -0.39 is 35.8 Å². The van der Waals surface area contributed by atoms with E-state index in [1.807, 2.05) is 0 Å². The molecule has 0 fully saturated rings.